The van der Waals surface area contributed by atoms with Crippen molar-refractivity contribution in [2.75, 3.05) is 38.2 Å². The van der Waals surface area contributed by atoms with Crippen molar-refractivity contribution in [2.45, 2.75) is 6.42 Å². The fourth-order valence-electron chi connectivity index (χ4n) is 4.70. The van der Waals surface area contributed by atoms with Crippen molar-refractivity contribution in [1.82, 2.24) is 4.90 Å². The fraction of sp³-hybridized carbons (Fsp3) is 0.500. The number of rotatable bonds is 4. The number of hydrogen-bond acceptors (Lipinski definition) is 4. The third-order valence-electron chi connectivity index (χ3n) is 6.04. The summed E-state index contributed by atoms with van der Waals surface area (Å²) in [6.07, 6.45) is 4.82. The Morgan fingerprint density at radius 1 is 1.08 bits per heavy atom. The molecular weight excluding hydrogens is 332 g/mol. The van der Waals surface area contributed by atoms with Gasteiger partial charge in [-0.3, -0.25) is 9.59 Å². The molecule has 0 aromatic heterocycles. The van der Waals surface area contributed by atoms with Crippen molar-refractivity contribution < 1.29 is 19.4 Å². The predicted molar refractivity (Wildman–Crippen MR) is 97.1 cm³/mol. The molecule has 1 aliphatic heterocycles. The van der Waals surface area contributed by atoms with Gasteiger partial charge in [-0.1, -0.05) is 18.2 Å². The van der Waals surface area contributed by atoms with Gasteiger partial charge in [0.25, 0.3) is 0 Å². The highest BCUT2D eigenvalue weighted by Crippen LogP contribution is 2.48. The fourth-order valence-corrected chi connectivity index (χ4v) is 4.70. The van der Waals surface area contributed by atoms with E-state index in [4.69, 9.17) is 4.74 Å². The molecule has 0 radical (unpaired) electrons. The van der Waals surface area contributed by atoms with Crippen molar-refractivity contribution >= 4 is 17.6 Å². The summed E-state index contributed by atoms with van der Waals surface area (Å²) in [6.45, 7) is 2.74. The number of ether oxygens (including phenoxy) is 1. The highest BCUT2D eigenvalue weighted by atomic mass is 16.5. The molecule has 1 aromatic rings. The normalized spacial score (nSPS) is 29.9. The SMILES string of the molecule is COc1cccc(N2CCN(C(=O)[C@H]3[C@@H](C(=O)O)[C@H]4C=C[C@H]3C4)CC2)c1. The van der Waals surface area contributed by atoms with Crippen LogP contribution < -0.4 is 9.64 Å². The summed E-state index contributed by atoms with van der Waals surface area (Å²) in [5, 5.41) is 9.57. The van der Waals surface area contributed by atoms with Gasteiger partial charge in [-0.15, -0.1) is 0 Å². The smallest absolute Gasteiger partial charge is 0.307 e. The Kier molecular flexibility index (Phi) is 4.34. The van der Waals surface area contributed by atoms with Crippen LogP contribution in [0.5, 0.6) is 5.75 Å². The van der Waals surface area contributed by atoms with Gasteiger partial charge >= 0.3 is 5.97 Å². The van der Waals surface area contributed by atoms with Crippen LogP contribution in [0.4, 0.5) is 5.69 Å². The Hall–Kier alpha value is -2.50. The molecule has 0 unspecified atom stereocenters. The number of carbonyl (C=O) groups is 2. The highest BCUT2D eigenvalue weighted by Gasteiger charge is 2.52. The largest absolute Gasteiger partial charge is 0.497 e. The second kappa shape index (κ2) is 6.67. The van der Waals surface area contributed by atoms with E-state index in [0.717, 1.165) is 30.9 Å². The molecule has 4 rings (SSSR count). The minimum atomic E-state index is -0.838. The van der Waals surface area contributed by atoms with E-state index in [1.807, 2.05) is 41.3 Å². The van der Waals surface area contributed by atoms with E-state index in [2.05, 4.69) is 4.90 Å². The summed E-state index contributed by atoms with van der Waals surface area (Å²) >= 11 is 0. The molecule has 2 aliphatic carbocycles. The third-order valence-corrected chi connectivity index (χ3v) is 6.04. The molecule has 2 bridgehead atoms. The average Bonchev–Trinajstić information content (AvgIpc) is 3.29. The van der Waals surface area contributed by atoms with E-state index < -0.39 is 17.8 Å². The zero-order valence-electron chi connectivity index (χ0n) is 14.9. The third kappa shape index (κ3) is 2.83. The molecule has 1 amide bonds. The van der Waals surface area contributed by atoms with E-state index >= 15 is 0 Å². The Balaban J connectivity index is 1.42. The summed E-state index contributed by atoms with van der Waals surface area (Å²) in [7, 11) is 1.65. The van der Waals surface area contributed by atoms with Crippen LogP contribution in [0.25, 0.3) is 0 Å². The number of fused-ring (bicyclic) bond motifs is 2. The number of carboxylic acid groups (broad SMARTS) is 1. The summed E-state index contributed by atoms with van der Waals surface area (Å²) < 4.78 is 5.28. The van der Waals surface area contributed by atoms with Crippen LogP contribution in [0.3, 0.4) is 0 Å². The summed E-state index contributed by atoms with van der Waals surface area (Å²) in [6, 6.07) is 7.92. The summed E-state index contributed by atoms with van der Waals surface area (Å²) in [5.74, 6) is -0.858. The average molecular weight is 356 g/mol. The number of hydrogen-bond donors (Lipinski definition) is 1. The second-order valence-electron chi connectivity index (χ2n) is 7.35. The first-order valence-corrected chi connectivity index (χ1v) is 9.17. The monoisotopic (exact) mass is 356 g/mol. The lowest BCUT2D eigenvalue weighted by atomic mass is 9.82. The number of aliphatic carboxylic acids is 1. The van der Waals surface area contributed by atoms with Crippen LogP contribution in [0, 0.1) is 23.7 Å². The van der Waals surface area contributed by atoms with Crippen molar-refractivity contribution in [2.24, 2.45) is 23.7 Å². The number of allylic oxidation sites excluding steroid dienone is 2. The number of benzene rings is 1. The molecule has 1 heterocycles. The molecule has 3 aliphatic rings. The maximum atomic E-state index is 13.0. The van der Waals surface area contributed by atoms with Gasteiger partial charge in [-0.25, -0.2) is 0 Å². The Morgan fingerprint density at radius 2 is 1.77 bits per heavy atom. The standard InChI is InChI=1S/C20H24N2O4/c1-26-16-4-2-3-15(12-16)21-7-9-22(10-8-21)19(23)17-13-5-6-14(11-13)18(17)20(24)25/h2-6,12-14,17-18H,7-11H2,1H3,(H,24,25)/t13-,14-,17+,18-/m0/s1. The first-order chi connectivity index (χ1) is 12.6. The van der Waals surface area contributed by atoms with E-state index in [9.17, 15) is 14.7 Å². The minimum absolute atomic E-state index is 0.0135. The first kappa shape index (κ1) is 16.9. The number of nitrogens with zero attached hydrogens (tertiary/aromatic N) is 2. The van der Waals surface area contributed by atoms with Gasteiger partial charge in [0.2, 0.25) is 5.91 Å². The van der Waals surface area contributed by atoms with Crippen LogP contribution in [0.15, 0.2) is 36.4 Å². The lowest BCUT2D eigenvalue weighted by Crippen LogP contribution is -2.52. The quantitative estimate of drug-likeness (QED) is 0.834. The molecule has 0 spiro atoms. The number of carboxylic acids is 1. The van der Waals surface area contributed by atoms with E-state index in [1.165, 1.54) is 0 Å². The van der Waals surface area contributed by atoms with E-state index in [0.29, 0.717) is 13.1 Å². The number of methoxy groups -OCH3 is 1. The van der Waals surface area contributed by atoms with E-state index in [-0.39, 0.29) is 17.7 Å². The molecule has 138 valence electrons. The van der Waals surface area contributed by atoms with Gasteiger partial charge < -0.3 is 19.6 Å². The van der Waals surface area contributed by atoms with Gasteiger partial charge in [-0.2, -0.15) is 0 Å². The van der Waals surface area contributed by atoms with Crippen LogP contribution >= 0.6 is 0 Å². The lowest BCUT2D eigenvalue weighted by molar-refractivity contribution is -0.151. The predicted octanol–water partition coefficient (Wildman–Crippen LogP) is 1.87. The summed E-state index contributed by atoms with van der Waals surface area (Å²) in [5.41, 5.74) is 1.09. The van der Waals surface area contributed by atoms with E-state index in [1.54, 1.807) is 7.11 Å². The minimum Gasteiger partial charge on any atom is -0.497 e. The van der Waals surface area contributed by atoms with Gasteiger partial charge in [0.1, 0.15) is 5.75 Å². The molecule has 4 atom stereocenters. The van der Waals surface area contributed by atoms with Crippen molar-refractivity contribution in [3.05, 3.63) is 36.4 Å². The molecule has 1 N–H and O–H groups in total. The Bertz CT molecular complexity index is 739. The molecule has 1 aromatic carbocycles. The topological polar surface area (TPSA) is 70.1 Å². The van der Waals surface area contributed by atoms with Crippen LogP contribution in [0.2, 0.25) is 0 Å². The Morgan fingerprint density at radius 3 is 2.42 bits per heavy atom. The molecule has 6 heteroatoms. The number of anilines is 1. The van der Waals surface area contributed by atoms with Crippen LogP contribution in [-0.4, -0.2) is 55.2 Å². The molecule has 2 fully saturated rings. The highest BCUT2D eigenvalue weighted by molar-refractivity contribution is 5.87. The number of piperazine rings is 1. The van der Waals surface area contributed by atoms with Crippen molar-refractivity contribution in [3.63, 3.8) is 0 Å². The zero-order valence-corrected chi connectivity index (χ0v) is 14.9. The molecule has 1 saturated heterocycles. The summed E-state index contributed by atoms with van der Waals surface area (Å²) in [4.78, 5) is 28.8. The van der Waals surface area contributed by atoms with Crippen molar-refractivity contribution in [3.8, 4) is 5.75 Å². The number of carbonyl (C=O) groups excluding carboxylic acids is 1. The van der Waals surface area contributed by atoms with Crippen LogP contribution in [-0.2, 0) is 9.59 Å². The maximum Gasteiger partial charge on any atom is 0.307 e. The van der Waals surface area contributed by atoms with Crippen LogP contribution in [0.1, 0.15) is 6.42 Å². The van der Waals surface area contributed by atoms with Gasteiger partial charge in [-0.05, 0) is 30.4 Å². The molecule has 1 saturated carbocycles. The molecule has 26 heavy (non-hydrogen) atoms. The Labute approximate surface area is 153 Å². The molecular formula is C20H24N2O4. The maximum absolute atomic E-state index is 13.0. The zero-order chi connectivity index (χ0) is 18.3. The molecule has 6 nitrogen and oxygen atoms in total. The lowest BCUT2D eigenvalue weighted by Gasteiger charge is -2.38. The van der Waals surface area contributed by atoms with Gasteiger partial charge in [0.05, 0.1) is 18.9 Å². The second-order valence-corrected chi connectivity index (χ2v) is 7.35. The first-order valence-electron chi connectivity index (χ1n) is 9.17. The van der Waals surface area contributed by atoms with Crippen molar-refractivity contribution in [1.29, 1.82) is 0 Å². The van der Waals surface area contributed by atoms with Gasteiger partial charge in [0, 0.05) is 37.9 Å². The van der Waals surface area contributed by atoms with Gasteiger partial charge in [0.15, 0.2) is 0 Å². The number of amides is 1.